The van der Waals surface area contributed by atoms with Crippen molar-refractivity contribution in [2.24, 2.45) is 0 Å². The minimum Gasteiger partial charge on any atom is -0.507 e. The quantitative estimate of drug-likeness (QED) is 0.218. The van der Waals surface area contributed by atoms with Crippen molar-refractivity contribution >= 4 is 51.2 Å². The summed E-state index contributed by atoms with van der Waals surface area (Å²) in [5.41, 5.74) is 0.734. The van der Waals surface area contributed by atoms with E-state index >= 15 is 0 Å². The number of aryl methyl sites for hydroxylation is 1. The zero-order valence-corrected chi connectivity index (χ0v) is 20.4. The average molecular weight is 499 g/mol. The van der Waals surface area contributed by atoms with Crippen LogP contribution in [0.5, 0.6) is 5.75 Å². The number of benzene rings is 1. The van der Waals surface area contributed by atoms with Gasteiger partial charge in [-0.05, 0) is 49.1 Å². The van der Waals surface area contributed by atoms with Crippen LogP contribution in [0.3, 0.4) is 0 Å². The number of carbonyl (C=O) groups is 3. The van der Waals surface area contributed by atoms with Gasteiger partial charge in [0.15, 0.2) is 5.13 Å². The second-order valence-corrected chi connectivity index (χ2v) is 9.42. The van der Waals surface area contributed by atoms with E-state index in [0.717, 1.165) is 17.8 Å². The second kappa shape index (κ2) is 9.78. The summed E-state index contributed by atoms with van der Waals surface area (Å²) in [6, 6.07) is 9.39. The highest BCUT2D eigenvalue weighted by molar-refractivity contribution is 7.18. The van der Waals surface area contributed by atoms with Crippen LogP contribution in [0.2, 0.25) is 0 Å². The minimum absolute atomic E-state index is 0.0397. The molecular formula is C24H22N2O6S2. The number of aromatic nitrogens is 1. The molecule has 1 atom stereocenters. The van der Waals surface area contributed by atoms with Crippen LogP contribution in [-0.4, -0.2) is 41.5 Å². The Morgan fingerprint density at radius 1 is 1.21 bits per heavy atom. The van der Waals surface area contributed by atoms with Gasteiger partial charge < -0.3 is 14.6 Å². The van der Waals surface area contributed by atoms with E-state index in [9.17, 15) is 19.5 Å². The lowest BCUT2D eigenvalue weighted by Crippen LogP contribution is -2.29. The number of thiazole rings is 1. The number of carbonyl (C=O) groups excluding carboxylic acids is 3. The Morgan fingerprint density at radius 2 is 1.94 bits per heavy atom. The molecule has 4 rings (SSSR count). The summed E-state index contributed by atoms with van der Waals surface area (Å²) in [6.07, 6.45) is 0.861. The van der Waals surface area contributed by atoms with Crippen molar-refractivity contribution in [3.63, 3.8) is 0 Å². The molecule has 1 aliphatic heterocycles. The summed E-state index contributed by atoms with van der Waals surface area (Å²) < 4.78 is 10.4. The summed E-state index contributed by atoms with van der Waals surface area (Å²) in [5, 5.41) is 13.2. The Labute approximate surface area is 204 Å². The van der Waals surface area contributed by atoms with Crippen molar-refractivity contribution < 1.29 is 29.0 Å². The first-order valence-electron chi connectivity index (χ1n) is 10.5. The summed E-state index contributed by atoms with van der Waals surface area (Å²) in [5.74, 6) is -1.87. The van der Waals surface area contributed by atoms with Gasteiger partial charge in [0.1, 0.15) is 22.4 Å². The third-order valence-electron chi connectivity index (χ3n) is 5.22. The molecule has 3 heterocycles. The number of hydrogen-bond donors (Lipinski definition) is 1. The molecule has 34 heavy (non-hydrogen) atoms. The highest BCUT2D eigenvalue weighted by Gasteiger charge is 2.48. The Balaban J connectivity index is 1.81. The molecule has 0 radical (unpaired) electrons. The molecule has 176 valence electrons. The van der Waals surface area contributed by atoms with E-state index in [0.29, 0.717) is 28.5 Å². The van der Waals surface area contributed by atoms with Gasteiger partial charge in [0.05, 0.1) is 25.0 Å². The molecule has 0 bridgehead atoms. The Hall–Kier alpha value is -3.50. The molecule has 0 aliphatic carbocycles. The van der Waals surface area contributed by atoms with Crippen LogP contribution in [0.4, 0.5) is 5.13 Å². The first-order chi connectivity index (χ1) is 16.4. The van der Waals surface area contributed by atoms with Crippen molar-refractivity contribution in [1.29, 1.82) is 0 Å². The van der Waals surface area contributed by atoms with Crippen LogP contribution in [-0.2, 0) is 14.3 Å². The van der Waals surface area contributed by atoms with Gasteiger partial charge >= 0.3 is 11.9 Å². The maximum atomic E-state index is 13.2. The molecule has 2 aromatic heterocycles. The van der Waals surface area contributed by atoms with Crippen LogP contribution in [0, 0.1) is 6.92 Å². The fourth-order valence-electron chi connectivity index (χ4n) is 3.60. The van der Waals surface area contributed by atoms with Gasteiger partial charge in [-0.25, -0.2) is 9.78 Å². The summed E-state index contributed by atoms with van der Waals surface area (Å²) in [7, 11) is 1.26. The number of aliphatic hydroxyl groups is 1. The van der Waals surface area contributed by atoms with Crippen molar-refractivity contribution in [2.75, 3.05) is 18.6 Å². The standard InChI is InChI=1S/C24H22N2O6S2/c1-4-11-32-15-9-7-14(8-10-15)19(27)17-18(16-6-5-12-33-16)26(22(29)20(17)28)24-25-13(2)21(34-24)23(30)31-3/h5-10,12,18,27H,4,11H2,1-3H3/t18-/m0/s1. The molecular weight excluding hydrogens is 476 g/mol. The van der Waals surface area contributed by atoms with Crippen LogP contribution < -0.4 is 9.64 Å². The molecule has 1 aliphatic rings. The first-order valence-corrected chi connectivity index (χ1v) is 12.2. The van der Waals surface area contributed by atoms with Gasteiger partial charge in [0.25, 0.3) is 5.78 Å². The molecule has 0 spiro atoms. The zero-order valence-electron chi connectivity index (χ0n) is 18.7. The Kier molecular flexibility index (Phi) is 6.80. The smallest absolute Gasteiger partial charge is 0.350 e. The van der Waals surface area contributed by atoms with Gasteiger partial charge in [-0.1, -0.05) is 24.3 Å². The number of rotatable bonds is 7. The number of hydrogen-bond acceptors (Lipinski definition) is 9. The molecule has 0 unspecified atom stereocenters. The van der Waals surface area contributed by atoms with E-state index < -0.39 is 23.7 Å². The van der Waals surface area contributed by atoms with Crippen LogP contribution in [0.15, 0.2) is 47.4 Å². The van der Waals surface area contributed by atoms with Gasteiger partial charge in [-0.2, -0.15) is 0 Å². The lowest BCUT2D eigenvalue weighted by Gasteiger charge is -2.21. The normalized spacial score (nSPS) is 17.3. The Morgan fingerprint density at radius 3 is 2.56 bits per heavy atom. The predicted octanol–water partition coefficient (Wildman–Crippen LogP) is 4.71. The second-order valence-electron chi connectivity index (χ2n) is 7.46. The van der Waals surface area contributed by atoms with Crippen LogP contribution in [0.25, 0.3) is 5.76 Å². The number of nitrogens with zero attached hydrogens (tertiary/aromatic N) is 2. The molecule has 1 amide bonds. The number of Topliss-reactive ketones (excluding diaryl/α,β-unsaturated/α-hetero) is 1. The molecule has 0 saturated carbocycles. The van der Waals surface area contributed by atoms with E-state index in [2.05, 4.69) is 4.98 Å². The SMILES string of the molecule is CCCOc1ccc(C(O)=C2C(=O)C(=O)N(c3nc(C)c(C(=O)OC)s3)[C@H]2c2cccs2)cc1. The van der Waals surface area contributed by atoms with E-state index in [4.69, 9.17) is 9.47 Å². The number of amides is 1. The van der Waals surface area contributed by atoms with E-state index in [1.807, 2.05) is 12.3 Å². The van der Waals surface area contributed by atoms with Gasteiger partial charge in [-0.15, -0.1) is 11.3 Å². The maximum Gasteiger partial charge on any atom is 0.350 e. The van der Waals surface area contributed by atoms with Crippen molar-refractivity contribution in [1.82, 2.24) is 4.98 Å². The average Bonchev–Trinajstić information content (AvgIpc) is 3.56. The number of thiophene rings is 1. The zero-order chi connectivity index (χ0) is 24.4. The highest BCUT2D eigenvalue weighted by atomic mass is 32.1. The number of ketones is 1. The fraction of sp³-hybridized carbons (Fsp3) is 0.250. The third kappa shape index (κ3) is 4.22. The van der Waals surface area contributed by atoms with Crippen molar-refractivity contribution in [2.45, 2.75) is 26.3 Å². The van der Waals surface area contributed by atoms with Crippen LogP contribution in [0.1, 0.15) is 45.2 Å². The Bertz CT molecular complexity index is 1260. The maximum absolute atomic E-state index is 13.2. The molecule has 3 aromatic rings. The summed E-state index contributed by atoms with van der Waals surface area (Å²) in [4.78, 5) is 44.9. The van der Waals surface area contributed by atoms with E-state index in [1.54, 1.807) is 43.3 Å². The molecule has 1 N–H and O–H groups in total. The van der Waals surface area contributed by atoms with Crippen molar-refractivity contribution in [3.8, 4) is 5.75 Å². The topological polar surface area (TPSA) is 106 Å². The van der Waals surface area contributed by atoms with E-state index in [-0.39, 0.29) is 21.3 Å². The number of ether oxygens (including phenoxy) is 2. The van der Waals surface area contributed by atoms with Gasteiger partial charge in [0.2, 0.25) is 0 Å². The molecule has 10 heteroatoms. The van der Waals surface area contributed by atoms with E-state index in [1.165, 1.54) is 23.3 Å². The summed E-state index contributed by atoms with van der Waals surface area (Å²) >= 11 is 2.31. The first kappa shape index (κ1) is 23.7. The number of methoxy groups -OCH3 is 1. The largest absolute Gasteiger partial charge is 0.507 e. The lowest BCUT2D eigenvalue weighted by atomic mass is 10.00. The third-order valence-corrected chi connectivity index (χ3v) is 7.28. The fourth-order valence-corrected chi connectivity index (χ4v) is 5.43. The van der Waals surface area contributed by atoms with Crippen molar-refractivity contribution in [3.05, 3.63) is 68.4 Å². The lowest BCUT2D eigenvalue weighted by molar-refractivity contribution is -0.132. The predicted molar refractivity (Wildman–Crippen MR) is 130 cm³/mol. The molecule has 1 aromatic carbocycles. The molecule has 1 saturated heterocycles. The molecule has 1 fully saturated rings. The number of aliphatic hydroxyl groups excluding tert-OH is 1. The number of esters is 1. The van der Waals surface area contributed by atoms with Gasteiger partial charge in [0, 0.05) is 10.4 Å². The number of anilines is 1. The van der Waals surface area contributed by atoms with Crippen LogP contribution >= 0.6 is 22.7 Å². The highest BCUT2D eigenvalue weighted by Crippen LogP contribution is 2.45. The monoisotopic (exact) mass is 498 g/mol. The van der Waals surface area contributed by atoms with Gasteiger partial charge in [-0.3, -0.25) is 14.5 Å². The molecule has 8 nitrogen and oxygen atoms in total. The minimum atomic E-state index is -0.882. The summed E-state index contributed by atoms with van der Waals surface area (Å²) in [6.45, 7) is 4.20.